The smallest absolute Gasteiger partial charge is 0.294 e. The van der Waals surface area contributed by atoms with Crippen molar-refractivity contribution >= 4 is 40.6 Å². The first-order chi connectivity index (χ1) is 16.4. The second kappa shape index (κ2) is 10.4. The van der Waals surface area contributed by atoms with Crippen molar-refractivity contribution in [2.24, 2.45) is 0 Å². The first kappa shape index (κ1) is 23.3. The molecule has 1 aliphatic rings. The number of carbonyl (C=O) groups excluding carboxylic acids is 3. The molecule has 1 saturated heterocycles. The Morgan fingerprint density at radius 3 is 2.59 bits per heavy atom. The minimum atomic E-state index is -0.485. The number of thioether (sulfide) groups is 1. The maximum Gasteiger partial charge on any atom is 0.294 e. The molecule has 0 radical (unpaired) electrons. The number of hydrogen-bond acceptors (Lipinski definition) is 5. The van der Waals surface area contributed by atoms with Crippen LogP contribution in [0.3, 0.4) is 0 Å². The van der Waals surface area contributed by atoms with Gasteiger partial charge in [0.25, 0.3) is 11.1 Å². The maximum atomic E-state index is 12.8. The van der Waals surface area contributed by atoms with Crippen LogP contribution < -0.4 is 10.1 Å². The normalized spacial score (nSPS) is 14.5. The van der Waals surface area contributed by atoms with Crippen LogP contribution >= 0.6 is 11.8 Å². The quantitative estimate of drug-likeness (QED) is 0.456. The van der Waals surface area contributed by atoms with Crippen molar-refractivity contribution in [3.63, 3.8) is 0 Å². The molecule has 0 spiro atoms. The van der Waals surface area contributed by atoms with Gasteiger partial charge in [0.15, 0.2) is 0 Å². The van der Waals surface area contributed by atoms with E-state index in [2.05, 4.69) is 5.32 Å². The highest BCUT2D eigenvalue weighted by molar-refractivity contribution is 8.18. The van der Waals surface area contributed by atoms with Crippen LogP contribution in [0.2, 0.25) is 0 Å². The Morgan fingerprint density at radius 1 is 1.00 bits per heavy atom. The number of imide groups is 1. The van der Waals surface area contributed by atoms with Gasteiger partial charge in [-0.3, -0.25) is 19.3 Å². The summed E-state index contributed by atoms with van der Waals surface area (Å²) in [6.45, 7) is 3.90. The predicted octanol–water partition coefficient (Wildman–Crippen LogP) is 5.56. The van der Waals surface area contributed by atoms with Gasteiger partial charge < -0.3 is 10.1 Å². The van der Waals surface area contributed by atoms with Crippen molar-refractivity contribution in [3.8, 4) is 5.75 Å². The van der Waals surface area contributed by atoms with Gasteiger partial charge in [0.1, 0.15) is 18.9 Å². The summed E-state index contributed by atoms with van der Waals surface area (Å²) in [5.74, 6) is -0.250. The van der Waals surface area contributed by atoms with E-state index in [4.69, 9.17) is 4.74 Å². The summed E-state index contributed by atoms with van der Waals surface area (Å²) in [6.07, 6.45) is 1.64. The van der Waals surface area contributed by atoms with E-state index in [9.17, 15) is 14.4 Å². The molecule has 3 amide bonds. The van der Waals surface area contributed by atoms with Crippen molar-refractivity contribution in [2.75, 3.05) is 11.9 Å². The van der Waals surface area contributed by atoms with E-state index in [1.165, 1.54) is 0 Å². The van der Waals surface area contributed by atoms with Gasteiger partial charge >= 0.3 is 0 Å². The lowest BCUT2D eigenvalue weighted by Crippen LogP contribution is -2.36. The fourth-order valence-corrected chi connectivity index (χ4v) is 4.26. The molecule has 0 bridgehead atoms. The molecule has 172 valence electrons. The third kappa shape index (κ3) is 5.74. The van der Waals surface area contributed by atoms with Gasteiger partial charge in [-0.1, -0.05) is 54.6 Å². The van der Waals surface area contributed by atoms with E-state index in [0.29, 0.717) is 18.0 Å². The Balaban J connectivity index is 1.41. The Labute approximate surface area is 202 Å². The van der Waals surface area contributed by atoms with E-state index >= 15 is 0 Å². The molecule has 0 saturated carbocycles. The molecule has 1 heterocycles. The fraction of sp³-hybridized carbons (Fsp3) is 0.148. The van der Waals surface area contributed by atoms with Crippen LogP contribution in [0.25, 0.3) is 6.08 Å². The molecule has 0 aromatic heterocycles. The monoisotopic (exact) mass is 472 g/mol. The van der Waals surface area contributed by atoms with Gasteiger partial charge in [0, 0.05) is 5.69 Å². The SMILES string of the molecule is Cc1ccc(C)c(NC(=O)CN2C(=O)S/C(=C/c3cccc(OCc4ccccc4)c3)C2=O)c1. The Hall–Kier alpha value is -3.84. The van der Waals surface area contributed by atoms with Crippen molar-refractivity contribution in [1.82, 2.24) is 4.90 Å². The number of aryl methyl sites for hydroxylation is 2. The van der Waals surface area contributed by atoms with Crippen LogP contribution in [0.4, 0.5) is 10.5 Å². The van der Waals surface area contributed by atoms with Crippen LogP contribution in [0.5, 0.6) is 5.75 Å². The first-order valence-electron chi connectivity index (χ1n) is 10.8. The molecule has 4 rings (SSSR count). The maximum absolute atomic E-state index is 12.8. The van der Waals surface area contributed by atoms with Crippen LogP contribution in [-0.4, -0.2) is 28.5 Å². The second-order valence-corrected chi connectivity index (χ2v) is 8.97. The third-order valence-electron chi connectivity index (χ3n) is 5.25. The zero-order valence-corrected chi connectivity index (χ0v) is 19.7. The van der Waals surface area contributed by atoms with Crippen LogP contribution in [0.15, 0.2) is 77.7 Å². The van der Waals surface area contributed by atoms with E-state index < -0.39 is 17.1 Å². The standard InChI is InChI=1S/C27H24N2O4S/c1-18-11-12-19(2)23(13-18)28-25(30)16-29-26(31)24(34-27(29)32)15-21-9-6-10-22(14-21)33-17-20-7-4-3-5-8-20/h3-15H,16-17H2,1-2H3,(H,28,30)/b24-15+. The molecule has 3 aromatic carbocycles. The lowest BCUT2D eigenvalue weighted by Gasteiger charge is -2.14. The summed E-state index contributed by atoms with van der Waals surface area (Å²) in [5, 5.41) is 2.32. The summed E-state index contributed by atoms with van der Waals surface area (Å²) in [4.78, 5) is 39.0. The van der Waals surface area contributed by atoms with Crippen molar-refractivity contribution in [1.29, 1.82) is 0 Å². The van der Waals surface area contributed by atoms with Gasteiger partial charge in [0.05, 0.1) is 4.91 Å². The Bertz CT molecular complexity index is 1270. The molecule has 1 fully saturated rings. The molecule has 1 N–H and O–H groups in total. The molecule has 0 atom stereocenters. The lowest BCUT2D eigenvalue weighted by atomic mass is 10.1. The van der Waals surface area contributed by atoms with E-state index in [1.54, 1.807) is 6.08 Å². The molecule has 34 heavy (non-hydrogen) atoms. The number of amides is 3. The molecule has 0 aliphatic carbocycles. The van der Waals surface area contributed by atoms with Gasteiger partial charge in [-0.2, -0.15) is 0 Å². The molecule has 0 unspecified atom stereocenters. The number of hydrogen-bond donors (Lipinski definition) is 1. The highest BCUT2D eigenvalue weighted by Crippen LogP contribution is 2.32. The number of ether oxygens (including phenoxy) is 1. The lowest BCUT2D eigenvalue weighted by molar-refractivity contribution is -0.127. The fourth-order valence-electron chi connectivity index (χ4n) is 3.43. The molecular formula is C27H24N2O4S. The van der Waals surface area contributed by atoms with Crippen LogP contribution in [-0.2, 0) is 16.2 Å². The zero-order chi connectivity index (χ0) is 24.1. The summed E-state index contributed by atoms with van der Waals surface area (Å²) < 4.78 is 5.84. The molecule has 7 heteroatoms. The summed E-state index contributed by atoms with van der Waals surface area (Å²) >= 11 is 0.824. The predicted molar refractivity (Wildman–Crippen MR) is 134 cm³/mol. The Kier molecular flexibility index (Phi) is 7.13. The van der Waals surface area contributed by atoms with Crippen molar-refractivity contribution in [3.05, 3.63) is 100.0 Å². The number of nitrogens with zero attached hydrogens (tertiary/aromatic N) is 1. The average Bonchev–Trinajstić information content (AvgIpc) is 3.08. The van der Waals surface area contributed by atoms with Gasteiger partial charge in [0.2, 0.25) is 5.91 Å². The van der Waals surface area contributed by atoms with Crippen molar-refractivity contribution in [2.45, 2.75) is 20.5 Å². The number of nitrogens with one attached hydrogen (secondary N) is 1. The zero-order valence-electron chi connectivity index (χ0n) is 18.9. The van der Waals surface area contributed by atoms with Gasteiger partial charge in [-0.05, 0) is 72.1 Å². The molecule has 6 nitrogen and oxygen atoms in total. The Morgan fingerprint density at radius 2 is 1.79 bits per heavy atom. The number of rotatable bonds is 7. The number of benzene rings is 3. The highest BCUT2D eigenvalue weighted by atomic mass is 32.2. The van der Waals surface area contributed by atoms with E-state index in [0.717, 1.165) is 38.9 Å². The topological polar surface area (TPSA) is 75.7 Å². The van der Waals surface area contributed by atoms with E-state index in [-0.39, 0.29) is 11.4 Å². The average molecular weight is 473 g/mol. The van der Waals surface area contributed by atoms with Gasteiger partial charge in [-0.15, -0.1) is 0 Å². The summed E-state index contributed by atoms with van der Waals surface area (Å²) in [5.41, 5.74) is 4.36. The first-order valence-corrected chi connectivity index (χ1v) is 11.6. The van der Waals surface area contributed by atoms with E-state index in [1.807, 2.05) is 86.6 Å². The minimum absolute atomic E-state index is 0.268. The van der Waals surface area contributed by atoms with Crippen molar-refractivity contribution < 1.29 is 19.1 Å². The molecule has 1 aliphatic heterocycles. The molecular weight excluding hydrogens is 448 g/mol. The summed E-state index contributed by atoms with van der Waals surface area (Å²) in [6, 6.07) is 22.8. The second-order valence-electron chi connectivity index (χ2n) is 7.98. The molecule has 3 aromatic rings. The third-order valence-corrected chi connectivity index (χ3v) is 6.15. The van der Waals surface area contributed by atoms with Gasteiger partial charge in [-0.25, -0.2) is 0 Å². The largest absolute Gasteiger partial charge is 0.489 e. The highest BCUT2D eigenvalue weighted by Gasteiger charge is 2.36. The summed E-state index contributed by atoms with van der Waals surface area (Å²) in [7, 11) is 0. The number of anilines is 1. The van der Waals surface area contributed by atoms with Crippen LogP contribution in [0.1, 0.15) is 22.3 Å². The minimum Gasteiger partial charge on any atom is -0.489 e. The van der Waals surface area contributed by atoms with Crippen LogP contribution in [0, 0.1) is 13.8 Å². The number of carbonyl (C=O) groups is 3.